The highest BCUT2D eigenvalue weighted by atomic mass is 16.1. The maximum Gasteiger partial charge on any atom is 0.130 e. The topological polar surface area (TPSA) is 66.9 Å². The van der Waals surface area contributed by atoms with Crippen LogP contribution in [0.25, 0.3) is 0 Å². The van der Waals surface area contributed by atoms with Crippen LogP contribution in [0, 0.1) is 17.8 Å². The summed E-state index contributed by atoms with van der Waals surface area (Å²) in [6.45, 7) is 17.7. The van der Waals surface area contributed by atoms with Gasteiger partial charge in [0.2, 0.25) is 0 Å². The lowest BCUT2D eigenvalue weighted by Gasteiger charge is -2.12. The van der Waals surface area contributed by atoms with E-state index in [4.69, 9.17) is 17.6 Å². The monoisotopic (exact) mass is 466 g/mol. The van der Waals surface area contributed by atoms with Gasteiger partial charge in [0.15, 0.2) is 0 Å². The summed E-state index contributed by atoms with van der Waals surface area (Å²) in [5, 5.41) is 8.26. The molecular formula is C31H50N2O. The number of aryl methyl sites for hydroxylation is 1. The highest BCUT2D eigenvalue weighted by molar-refractivity contribution is 6.12. The average Bonchev–Trinajstić information content (AvgIpc) is 2.85. The third kappa shape index (κ3) is 17.7. The van der Waals surface area contributed by atoms with Gasteiger partial charge in [-0.25, -0.2) is 0 Å². The summed E-state index contributed by atoms with van der Waals surface area (Å²) in [5.74, 6) is 2.78. The fourth-order valence-corrected chi connectivity index (χ4v) is 2.79. The summed E-state index contributed by atoms with van der Waals surface area (Å²) in [4.78, 5) is 10.7. The fraction of sp³-hybridized carbons (Fsp3) is 0.484. The van der Waals surface area contributed by atoms with E-state index >= 15 is 0 Å². The third-order valence-electron chi connectivity index (χ3n) is 4.50. The van der Waals surface area contributed by atoms with Crippen molar-refractivity contribution in [2.24, 2.45) is 5.73 Å². The summed E-state index contributed by atoms with van der Waals surface area (Å²) < 4.78 is 0. The highest BCUT2D eigenvalue weighted by Gasteiger charge is 2.10. The molecule has 0 radical (unpaired) electrons. The normalized spacial score (nSPS) is 10.9. The van der Waals surface area contributed by atoms with Gasteiger partial charge in [0.1, 0.15) is 5.78 Å². The second-order valence-electron chi connectivity index (χ2n) is 7.25. The molecule has 1 aromatic rings. The van der Waals surface area contributed by atoms with Crippen molar-refractivity contribution in [2.75, 3.05) is 0 Å². The predicted molar refractivity (Wildman–Crippen MR) is 153 cm³/mol. The first-order valence-corrected chi connectivity index (χ1v) is 12.7. The van der Waals surface area contributed by atoms with E-state index in [2.05, 4.69) is 25.8 Å². The van der Waals surface area contributed by atoms with Gasteiger partial charge in [0, 0.05) is 17.7 Å². The first-order valence-electron chi connectivity index (χ1n) is 12.7. The van der Waals surface area contributed by atoms with Crippen LogP contribution in [0.2, 0.25) is 0 Å². The molecule has 3 heteroatoms. The SMILES string of the molecule is C#Cc1ccc(CCC(C)=O)cc1.C/C=C\C(=C/CC)C(=N)/C(CCCC)=C(/C)N.CC.CC. The molecule has 0 amide bonds. The molecule has 0 aliphatic carbocycles. The Labute approximate surface area is 211 Å². The lowest BCUT2D eigenvalue weighted by atomic mass is 9.95. The lowest BCUT2D eigenvalue weighted by Crippen LogP contribution is -2.10. The van der Waals surface area contributed by atoms with Gasteiger partial charge in [-0.2, -0.15) is 0 Å². The number of Topliss-reactive ketones (excluding diaryl/α,β-unsaturated/α-hetero) is 1. The summed E-state index contributed by atoms with van der Waals surface area (Å²) >= 11 is 0. The largest absolute Gasteiger partial charge is 0.402 e. The van der Waals surface area contributed by atoms with Crippen molar-refractivity contribution >= 4 is 11.5 Å². The maximum absolute atomic E-state index is 10.7. The van der Waals surface area contributed by atoms with E-state index in [0.717, 1.165) is 60.1 Å². The summed E-state index contributed by atoms with van der Waals surface area (Å²) in [5.41, 5.74) is 11.3. The van der Waals surface area contributed by atoms with Crippen LogP contribution in [0.4, 0.5) is 0 Å². The molecule has 3 N–H and O–H groups in total. The zero-order valence-corrected chi connectivity index (χ0v) is 23.3. The number of allylic oxidation sites excluding steroid dienone is 6. The molecule has 1 aromatic carbocycles. The molecule has 0 aliphatic heterocycles. The van der Waals surface area contributed by atoms with Gasteiger partial charge in [-0.1, -0.05) is 84.2 Å². The van der Waals surface area contributed by atoms with Crippen LogP contribution in [0.5, 0.6) is 0 Å². The van der Waals surface area contributed by atoms with E-state index < -0.39 is 0 Å². The van der Waals surface area contributed by atoms with Crippen LogP contribution in [-0.2, 0) is 11.2 Å². The van der Waals surface area contributed by atoms with Crippen molar-refractivity contribution in [1.29, 1.82) is 5.41 Å². The van der Waals surface area contributed by atoms with Crippen molar-refractivity contribution in [2.45, 2.75) is 101 Å². The molecule has 1 rings (SSSR count). The summed E-state index contributed by atoms with van der Waals surface area (Å²) in [7, 11) is 0. The number of carbonyl (C=O) groups excluding carboxylic acids is 1. The molecule has 34 heavy (non-hydrogen) atoms. The van der Waals surface area contributed by atoms with E-state index in [1.54, 1.807) is 6.92 Å². The van der Waals surface area contributed by atoms with Crippen LogP contribution in [-0.4, -0.2) is 11.5 Å². The van der Waals surface area contributed by atoms with E-state index in [0.29, 0.717) is 12.1 Å². The van der Waals surface area contributed by atoms with Gasteiger partial charge in [0.25, 0.3) is 0 Å². The molecule has 190 valence electrons. The number of hydrogen-bond donors (Lipinski definition) is 2. The number of unbranched alkanes of at least 4 members (excludes halogenated alkanes) is 1. The first-order chi connectivity index (χ1) is 16.3. The Morgan fingerprint density at radius 3 is 2.00 bits per heavy atom. The van der Waals surface area contributed by atoms with Gasteiger partial charge < -0.3 is 10.5 Å². The number of ketones is 1. The number of benzene rings is 1. The maximum atomic E-state index is 10.7. The quantitative estimate of drug-likeness (QED) is 0.206. The van der Waals surface area contributed by atoms with Gasteiger partial charge in [0.05, 0.1) is 5.71 Å². The van der Waals surface area contributed by atoms with Crippen molar-refractivity contribution in [1.82, 2.24) is 0 Å². The summed E-state index contributed by atoms with van der Waals surface area (Å²) in [6, 6.07) is 7.74. The number of nitrogens with two attached hydrogens (primary N) is 1. The van der Waals surface area contributed by atoms with Crippen LogP contribution in [0.3, 0.4) is 0 Å². The predicted octanol–water partition coefficient (Wildman–Crippen LogP) is 8.58. The van der Waals surface area contributed by atoms with Crippen molar-refractivity contribution in [3.8, 4) is 12.3 Å². The molecule has 0 bridgehead atoms. The zero-order valence-electron chi connectivity index (χ0n) is 23.3. The molecular weight excluding hydrogens is 416 g/mol. The molecule has 0 saturated heterocycles. The molecule has 0 fully saturated rings. The van der Waals surface area contributed by atoms with Crippen LogP contribution in [0.15, 0.2) is 59.3 Å². The van der Waals surface area contributed by atoms with Crippen molar-refractivity contribution in [3.63, 3.8) is 0 Å². The minimum Gasteiger partial charge on any atom is -0.402 e. The van der Waals surface area contributed by atoms with Crippen LogP contribution < -0.4 is 5.73 Å². The first kappa shape index (κ1) is 35.7. The standard InChI is InChI=1S/C15H26N2.C12H12O.2C2H6/c1-5-8-11-14(12(4)16)15(17)13(9-6-2)10-7-3;1-3-11-6-8-12(9-7-11)5-4-10(2)13;2*1-2/h6,9-10,17H,5,7-8,11,16H2,1-4H3;1,6-9H,4-5H2,2H3;2*1-2H3/b9-6-,13-10+,14-12-,17-15?;;;. The van der Waals surface area contributed by atoms with Gasteiger partial charge in [-0.15, -0.1) is 6.42 Å². The highest BCUT2D eigenvalue weighted by Crippen LogP contribution is 2.17. The average molecular weight is 467 g/mol. The molecule has 0 aliphatic rings. The molecule has 0 spiro atoms. The van der Waals surface area contributed by atoms with E-state index in [1.807, 2.05) is 78.0 Å². The summed E-state index contributed by atoms with van der Waals surface area (Å²) in [6.07, 6.45) is 16.7. The van der Waals surface area contributed by atoms with Crippen LogP contribution >= 0.6 is 0 Å². The molecule has 0 atom stereocenters. The van der Waals surface area contributed by atoms with Crippen molar-refractivity contribution in [3.05, 3.63) is 70.5 Å². The molecule has 0 unspecified atom stereocenters. The van der Waals surface area contributed by atoms with E-state index in [1.165, 1.54) is 0 Å². The Bertz CT molecular complexity index is 799. The van der Waals surface area contributed by atoms with Gasteiger partial charge in [-0.05, 0) is 75.3 Å². The minimum absolute atomic E-state index is 0.223. The second-order valence-corrected chi connectivity index (χ2v) is 7.25. The number of hydrogen-bond acceptors (Lipinski definition) is 3. The Morgan fingerprint density at radius 2 is 1.62 bits per heavy atom. The Balaban J connectivity index is -0.000000503. The lowest BCUT2D eigenvalue weighted by molar-refractivity contribution is -0.116. The third-order valence-corrected chi connectivity index (χ3v) is 4.50. The van der Waals surface area contributed by atoms with E-state index in [-0.39, 0.29) is 5.78 Å². The molecule has 0 saturated carbocycles. The Hall–Kier alpha value is -2.86. The fourth-order valence-electron chi connectivity index (χ4n) is 2.79. The number of nitrogens with one attached hydrogen (secondary N) is 1. The molecule has 3 nitrogen and oxygen atoms in total. The van der Waals surface area contributed by atoms with Crippen LogP contribution in [0.1, 0.15) is 106 Å². The minimum atomic E-state index is 0.223. The van der Waals surface area contributed by atoms with Gasteiger partial charge >= 0.3 is 0 Å². The van der Waals surface area contributed by atoms with Gasteiger partial charge in [-0.3, -0.25) is 5.41 Å². The smallest absolute Gasteiger partial charge is 0.130 e. The number of carbonyl (C=O) groups is 1. The Morgan fingerprint density at radius 1 is 1.06 bits per heavy atom. The second kappa shape index (κ2) is 24.8. The molecule has 0 aromatic heterocycles. The Kier molecular flexibility index (Phi) is 26.0. The zero-order chi connectivity index (χ0) is 26.9. The van der Waals surface area contributed by atoms with Crippen molar-refractivity contribution < 1.29 is 4.79 Å². The molecule has 0 heterocycles. The number of rotatable bonds is 10. The number of terminal acetylenes is 1. The van der Waals surface area contributed by atoms with E-state index in [9.17, 15) is 4.79 Å².